The fourth-order valence-electron chi connectivity index (χ4n) is 1.37. The van der Waals surface area contributed by atoms with Crippen molar-refractivity contribution in [2.24, 2.45) is 0 Å². The number of nitrogens with one attached hydrogen (secondary N) is 1. The van der Waals surface area contributed by atoms with Crippen molar-refractivity contribution in [1.29, 1.82) is 0 Å². The summed E-state index contributed by atoms with van der Waals surface area (Å²) in [7, 11) is 0. The van der Waals surface area contributed by atoms with Crippen LogP contribution in [0.25, 0.3) is 0 Å². The Hall–Kier alpha value is -1.92. The molecule has 0 unspecified atom stereocenters. The lowest BCUT2D eigenvalue weighted by Gasteiger charge is -2.14. The number of carbonyl (C=O) groups is 1. The van der Waals surface area contributed by atoms with Crippen molar-refractivity contribution in [2.45, 2.75) is 20.3 Å². The lowest BCUT2D eigenvalue weighted by Crippen LogP contribution is -2.21. The van der Waals surface area contributed by atoms with Gasteiger partial charge in [-0.15, -0.1) is 0 Å². The van der Waals surface area contributed by atoms with E-state index in [1.165, 1.54) is 6.07 Å². The Morgan fingerprint density at radius 1 is 1.26 bits per heavy atom. The third kappa shape index (κ3) is 3.77. The number of benzene rings is 1. The quantitative estimate of drug-likeness (QED) is 0.869. The summed E-state index contributed by atoms with van der Waals surface area (Å²) in [6.07, 6.45) is -3.22. The summed E-state index contributed by atoms with van der Waals surface area (Å²) in [5.41, 5.74) is -0.378. The van der Waals surface area contributed by atoms with Crippen LogP contribution in [0.3, 0.4) is 0 Å². The van der Waals surface area contributed by atoms with Gasteiger partial charge in [-0.25, -0.2) is 4.39 Å². The number of anilines is 1. The van der Waals surface area contributed by atoms with E-state index in [4.69, 9.17) is 9.47 Å². The van der Waals surface area contributed by atoms with Gasteiger partial charge in [-0.3, -0.25) is 4.79 Å². The van der Waals surface area contributed by atoms with Gasteiger partial charge >= 0.3 is 6.43 Å². The smallest absolute Gasteiger partial charge is 0.315 e. The summed E-state index contributed by atoms with van der Waals surface area (Å²) in [5.74, 6) is -2.58. The molecule has 0 atom stereocenters. The molecule has 0 radical (unpaired) electrons. The van der Waals surface area contributed by atoms with Crippen LogP contribution in [-0.2, 0) is 4.79 Å². The lowest BCUT2D eigenvalue weighted by molar-refractivity contribution is -0.126. The van der Waals surface area contributed by atoms with Crippen LogP contribution in [0.1, 0.15) is 13.8 Å². The predicted molar refractivity (Wildman–Crippen MR) is 63.4 cm³/mol. The van der Waals surface area contributed by atoms with Crippen LogP contribution in [0.4, 0.5) is 18.9 Å². The Morgan fingerprint density at radius 3 is 2.42 bits per heavy atom. The molecule has 1 aromatic carbocycles. The maximum Gasteiger partial charge on any atom is 0.315 e. The summed E-state index contributed by atoms with van der Waals surface area (Å²) in [6.45, 7) is 3.81. The van der Waals surface area contributed by atoms with Gasteiger partial charge < -0.3 is 14.8 Å². The van der Waals surface area contributed by atoms with E-state index in [0.717, 1.165) is 6.07 Å². The molecule has 7 heteroatoms. The van der Waals surface area contributed by atoms with Crippen LogP contribution in [0.2, 0.25) is 0 Å². The topological polar surface area (TPSA) is 47.6 Å². The monoisotopic (exact) mass is 277 g/mol. The second-order valence-corrected chi connectivity index (χ2v) is 3.41. The molecule has 1 amide bonds. The maximum absolute atomic E-state index is 14.0. The van der Waals surface area contributed by atoms with Gasteiger partial charge in [0.25, 0.3) is 5.91 Å². The number of ether oxygens (including phenoxy) is 2. The van der Waals surface area contributed by atoms with Crippen LogP contribution >= 0.6 is 0 Å². The minimum Gasteiger partial charge on any atom is -0.490 e. The predicted octanol–water partition coefficient (Wildman–Crippen LogP) is 2.83. The zero-order valence-electron chi connectivity index (χ0n) is 10.5. The molecule has 1 rings (SSSR count). The van der Waals surface area contributed by atoms with Crippen LogP contribution in [0, 0.1) is 5.82 Å². The van der Waals surface area contributed by atoms with Crippen molar-refractivity contribution < 1.29 is 27.4 Å². The standard InChI is InChI=1S/C12H14F3NO3/c1-3-18-8-6-5-7(16-12(17)11(14)15)9(13)10(8)19-4-2/h5-6,11H,3-4H2,1-2H3,(H,16,17). The first-order chi connectivity index (χ1) is 9.01. The molecule has 0 saturated heterocycles. The van der Waals surface area contributed by atoms with E-state index in [9.17, 15) is 18.0 Å². The Morgan fingerprint density at radius 2 is 1.89 bits per heavy atom. The minimum absolute atomic E-state index is 0.150. The van der Waals surface area contributed by atoms with Crippen LogP contribution in [0.15, 0.2) is 12.1 Å². The SMILES string of the molecule is CCOc1ccc(NC(=O)C(F)F)c(F)c1OCC. The molecule has 0 saturated carbocycles. The fraction of sp³-hybridized carbons (Fsp3) is 0.417. The first kappa shape index (κ1) is 15.1. The number of halogens is 3. The van der Waals surface area contributed by atoms with Gasteiger partial charge in [0.05, 0.1) is 18.9 Å². The van der Waals surface area contributed by atoms with E-state index in [1.54, 1.807) is 19.2 Å². The van der Waals surface area contributed by atoms with Gasteiger partial charge in [0, 0.05) is 0 Å². The summed E-state index contributed by atoms with van der Waals surface area (Å²) in [4.78, 5) is 10.8. The van der Waals surface area contributed by atoms with Crippen LogP contribution in [0.5, 0.6) is 11.5 Å². The number of rotatable bonds is 6. The van der Waals surface area contributed by atoms with Gasteiger partial charge in [-0.05, 0) is 26.0 Å². The maximum atomic E-state index is 14.0. The van der Waals surface area contributed by atoms with E-state index >= 15 is 0 Å². The Bertz CT molecular complexity index is 452. The average molecular weight is 277 g/mol. The van der Waals surface area contributed by atoms with Crippen LogP contribution in [-0.4, -0.2) is 25.5 Å². The number of hydrogen-bond acceptors (Lipinski definition) is 3. The Balaban J connectivity index is 3.07. The first-order valence-electron chi connectivity index (χ1n) is 5.68. The minimum atomic E-state index is -3.22. The highest BCUT2D eigenvalue weighted by Crippen LogP contribution is 2.35. The number of alkyl halides is 2. The molecule has 0 bridgehead atoms. The lowest BCUT2D eigenvalue weighted by atomic mass is 10.2. The van der Waals surface area contributed by atoms with E-state index in [0.29, 0.717) is 6.61 Å². The van der Waals surface area contributed by atoms with Crippen molar-refractivity contribution in [2.75, 3.05) is 18.5 Å². The highest BCUT2D eigenvalue weighted by atomic mass is 19.3. The summed E-state index contributed by atoms with van der Waals surface area (Å²) in [5, 5.41) is 1.78. The van der Waals surface area contributed by atoms with E-state index < -0.39 is 18.1 Å². The normalized spacial score (nSPS) is 10.4. The van der Waals surface area contributed by atoms with Gasteiger partial charge in [0.1, 0.15) is 0 Å². The molecule has 0 spiro atoms. The Kier molecular flexibility index (Phi) is 5.47. The number of amides is 1. The third-order valence-corrected chi connectivity index (χ3v) is 2.11. The molecular formula is C12H14F3NO3. The molecule has 0 heterocycles. The van der Waals surface area contributed by atoms with Gasteiger partial charge in [0.2, 0.25) is 0 Å². The zero-order valence-corrected chi connectivity index (χ0v) is 10.5. The fourth-order valence-corrected chi connectivity index (χ4v) is 1.37. The molecule has 1 aromatic rings. The van der Waals surface area contributed by atoms with E-state index in [1.807, 2.05) is 0 Å². The molecule has 106 valence electrons. The van der Waals surface area contributed by atoms with Crippen molar-refractivity contribution in [3.05, 3.63) is 17.9 Å². The van der Waals surface area contributed by atoms with Crippen LogP contribution < -0.4 is 14.8 Å². The van der Waals surface area contributed by atoms with Gasteiger partial charge in [0.15, 0.2) is 17.3 Å². The number of hydrogen-bond donors (Lipinski definition) is 1. The molecule has 0 aliphatic carbocycles. The molecular weight excluding hydrogens is 263 g/mol. The van der Waals surface area contributed by atoms with Gasteiger partial charge in [-0.2, -0.15) is 8.78 Å². The second kappa shape index (κ2) is 6.86. The zero-order chi connectivity index (χ0) is 14.4. The van der Waals surface area contributed by atoms with Crippen molar-refractivity contribution in [1.82, 2.24) is 0 Å². The van der Waals surface area contributed by atoms with Crippen molar-refractivity contribution >= 4 is 11.6 Å². The first-order valence-corrected chi connectivity index (χ1v) is 5.68. The second-order valence-electron chi connectivity index (χ2n) is 3.41. The Labute approximate surface area is 108 Å². The third-order valence-electron chi connectivity index (χ3n) is 2.11. The molecule has 19 heavy (non-hydrogen) atoms. The molecule has 0 fully saturated rings. The summed E-state index contributed by atoms with van der Waals surface area (Å²) in [6, 6.07) is 2.49. The van der Waals surface area contributed by atoms with E-state index in [-0.39, 0.29) is 23.8 Å². The highest BCUT2D eigenvalue weighted by molar-refractivity contribution is 5.93. The molecule has 4 nitrogen and oxygen atoms in total. The molecule has 0 aliphatic rings. The summed E-state index contributed by atoms with van der Waals surface area (Å²) >= 11 is 0. The molecule has 0 aliphatic heterocycles. The van der Waals surface area contributed by atoms with Crippen molar-refractivity contribution in [3.8, 4) is 11.5 Å². The van der Waals surface area contributed by atoms with Gasteiger partial charge in [-0.1, -0.05) is 0 Å². The molecule has 0 aromatic heterocycles. The average Bonchev–Trinajstić information content (AvgIpc) is 2.37. The van der Waals surface area contributed by atoms with E-state index in [2.05, 4.69) is 0 Å². The summed E-state index contributed by atoms with van der Waals surface area (Å²) < 4.78 is 48.4. The number of carbonyl (C=O) groups excluding carboxylic acids is 1. The highest BCUT2D eigenvalue weighted by Gasteiger charge is 2.21. The molecule has 1 N–H and O–H groups in total. The van der Waals surface area contributed by atoms with Crippen molar-refractivity contribution in [3.63, 3.8) is 0 Å². The largest absolute Gasteiger partial charge is 0.490 e.